The van der Waals surface area contributed by atoms with Gasteiger partial charge in [-0.2, -0.15) is 26.3 Å². The number of nitrogens with zero attached hydrogens (tertiary/aromatic N) is 2. The van der Waals surface area contributed by atoms with E-state index < -0.39 is 37.0 Å². The lowest BCUT2D eigenvalue weighted by molar-refractivity contribution is -0.157. The van der Waals surface area contributed by atoms with Crippen LogP contribution in [0.5, 0.6) is 5.88 Å². The number of alkyl halides is 6. The molecule has 2 rings (SSSR count). The van der Waals surface area contributed by atoms with E-state index in [1.54, 1.807) is 0 Å². The van der Waals surface area contributed by atoms with Crippen LogP contribution in [0.25, 0.3) is 0 Å². The number of ether oxygens (including phenoxy) is 1. The average molecular weight is 432 g/mol. The molecule has 1 aromatic heterocycles. The fourth-order valence-corrected chi connectivity index (χ4v) is 1.97. The Balaban J connectivity index is 0.00000184. The van der Waals surface area contributed by atoms with Gasteiger partial charge in [-0.15, -0.1) is 0 Å². The number of urea groups is 1. The lowest BCUT2D eigenvalue weighted by Crippen LogP contribution is -2.50. The minimum atomic E-state index is -4.55. The van der Waals surface area contributed by atoms with Gasteiger partial charge in [-0.05, 0) is 18.8 Å². The second-order valence-electron chi connectivity index (χ2n) is 5.44. The van der Waals surface area contributed by atoms with Crippen LogP contribution in [0.15, 0.2) is 12.4 Å². The van der Waals surface area contributed by atoms with Crippen LogP contribution in [0.2, 0.25) is 0 Å². The summed E-state index contributed by atoms with van der Waals surface area (Å²) in [5.74, 6) is -0.997. The van der Waals surface area contributed by atoms with Gasteiger partial charge < -0.3 is 15.4 Å². The summed E-state index contributed by atoms with van der Waals surface area (Å²) in [5.41, 5.74) is 0.0808. The van der Waals surface area contributed by atoms with Gasteiger partial charge in [0.2, 0.25) is 5.88 Å². The van der Waals surface area contributed by atoms with Crippen LogP contribution in [0.4, 0.5) is 31.1 Å². The predicted molar refractivity (Wildman–Crippen MR) is 94.2 cm³/mol. The van der Waals surface area contributed by atoms with Gasteiger partial charge in [-0.3, -0.25) is 0 Å². The Morgan fingerprint density at radius 3 is 2.21 bits per heavy atom. The van der Waals surface area contributed by atoms with Gasteiger partial charge in [0.05, 0.1) is 12.2 Å². The molecule has 0 unspecified atom stereocenters. The van der Waals surface area contributed by atoms with Crippen molar-refractivity contribution in [2.75, 3.05) is 6.61 Å². The molecular formula is C17H26F6N4O2. The summed E-state index contributed by atoms with van der Waals surface area (Å²) in [6, 6.07) is -1.93. The van der Waals surface area contributed by atoms with Gasteiger partial charge in [0.25, 0.3) is 0 Å². The second kappa shape index (κ2) is 12.3. The maximum absolute atomic E-state index is 12.8. The molecule has 0 bridgehead atoms. The summed E-state index contributed by atoms with van der Waals surface area (Å²) in [5, 5.41) is 4.02. The Bertz CT molecular complexity index is 606. The van der Waals surface area contributed by atoms with E-state index in [1.807, 2.05) is 33.0 Å². The molecule has 1 aliphatic carbocycles. The van der Waals surface area contributed by atoms with Gasteiger partial charge in [-0.25, -0.2) is 14.8 Å². The zero-order valence-corrected chi connectivity index (χ0v) is 16.6. The summed E-state index contributed by atoms with van der Waals surface area (Å²) in [4.78, 5) is 18.8. The molecule has 2 amide bonds. The van der Waals surface area contributed by atoms with Gasteiger partial charge in [0.15, 0.2) is 6.61 Å². The highest BCUT2D eigenvalue weighted by Gasteiger charge is 2.49. The molecule has 0 aromatic carbocycles. The minimum Gasteiger partial charge on any atom is -0.468 e. The highest BCUT2D eigenvalue weighted by atomic mass is 19.4. The Kier molecular flexibility index (Phi) is 11.4. The van der Waals surface area contributed by atoms with Gasteiger partial charge in [0, 0.05) is 6.07 Å². The summed E-state index contributed by atoms with van der Waals surface area (Å²) in [7, 11) is 0. The quantitative estimate of drug-likeness (QED) is 0.644. The first kappa shape index (κ1) is 26.7. The number of halogens is 6. The third-order valence-corrected chi connectivity index (χ3v) is 3.25. The first-order valence-corrected chi connectivity index (χ1v) is 9.16. The number of carbonyl (C=O) groups is 1. The summed E-state index contributed by atoms with van der Waals surface area (Å²) in [6.45, 7) is 6.15. The third-order valence-electron chi connectivity index (χ3n) is 3.25. The van der Waals surface area contributed by atoms with Crippen molar-refractivity contribution in [3.05, 3.63) is 18.1 Å². The van der Waals surface area contributed by atoms with Gasteiger partial charge in [-0.1, -0.05) is 27.7 Å². The smallest absolute Gasteiger partial charge is 0.422 e. The SMILES string of the molecule is CC.CC.O=C(NCc1cc(OCC(F)(F)F)ncn1)N[C@H](C1CC1)C(F)(F)F. The Morgan fingerprint density at radius 2 is 1.72 bits per heavy atom. The molecule has 1 heterocycles. The molecule has 1 saturated carbocycles. The lowest BCUT2D eigenvalue weighted by Gasteiger charge is -2.21. The van der Waals surface area contributed by atoms with Crippen LogP contribution in [0.1, 0.15) is 46.2 Å². The standard InChI is InChI=1S/C13H14F6N4O2.2C2H6/c14-12(15,16)5-25-9-3-8(21-6-22-9)4-20-11(24)23-10(7-1-2-7)13(17,18)19;2*1-2/h3,6-7,10H,1-2,4-5H2,(H2,20,23,24);2*1-2H3/t10-;;/m1../s1. The Morgan fingerprint density at radius 1 is 1.14 bits per heavy atom. The van der Waals surface area contributed by atoms with Gasteiger partial charge >= 0.3 is 18.4 Å². The van der Waals surface area contributed by atoms with E-state index in [2.05, 4.69) is 20.0 Å². The van der Waals surface area contributed by atoms with Crippen molar-refractivity contribution in [1.29, 1.82) is 0 Å². The largest absolute Gasteiger partial charge is 0.468 e. The highest BCUT2D eigenvalue weighted by Crippen LogP contribution is 2.40. The van der Waals surface area contributed by atoms with Crippen molar-refractivity contribution < 1.29 is 35.9 Å². The zero-order chi connectivity index (χ0) is 22.7. The van der Waals surface area contributed by atoms with Crippen molar-refractivity contribution in [2.45, 2.75) is 65.5 Å². The number of aromatic nitrogens is 2. The van der Waals surface area contributed by atoms with E-state index in [0.29, 0.717) is 12.8 Å². The van der Waals surface area contributed by atoms with E-state index >= 15 is 0 Å². The molecule has 1 fully saturated rings. The highest BCUT2D eigenvalue weighted by molar-refractivity contribution is 5.74. The molecule has 6 nitrogen and oxygen atoms in total. The maximum Gasteiger partial charge on any atom is 0.422 e. The lowest BCUT2D eigenvalue weighted by atomic mass is 10.2. The van der Waals surface area contributed by atoms with Crippen LogP contribution in [-0.4, -0.2) is 41.0 Å². The van der Waals surface area contributed by atoms with E-state index in [-0.39, 0.29) is 18.1 Å². The summed E-state index contributed by atoms with van der Waals surface area (Å²) < 4.78 is 79.0. The summed E-state index contributed by atoms with van der Waals surface area (Å²) >= 11 is 0. The van der Waals surface area contributed by atoms with Crippen LogP contribution in [0, 0.1) is 5.92 Å². The minimum absolute atomic E-state index is 0.0808. The predicted octanol–water partition coefficient (Wildman–Crippen LogP) is 4.61. The molecule has 0 spiro atoms. The number of hydrogen-bond donors (Lipinski definition) is 2. The molecule has 0 aliphatic heterocycles. The number of amides is 2. The van der Waals surface area contributed by atoms with E-state index in [4.69, 9.17) is 0 Å². The van der Waals surface area contributed by atoms with Crippen molar-refractivity contribution >= 4 is 6.03 Å². The van der Waals surface area contributed by atoms with Crippen molar-refractivity contribution in [3.8, 4) is 5.88 Å². The molecule has 2 N–H and O–H groups in total. The van der Waals surface area contributed by atoms with Crippen LogP contribution in [-0.2, 0) is 6.54 Å². The molecule has 1 aromatic rings. The number of hydrogen-bond acceptors (Lipinski definition) is 4. The molecule has 12 heteroatoms. The zero-order valence-electron chi connectivity index (χ0n) is 16.6. The average Bonchev–Trinajstić information content (AvgIpc) is 3.50. The first-order valence-electron chi connectivity index (χ1n) is 9.16. The normalized spacial score (nSPS) is 14.4. The fraction of sp³-hybridized carbons (Fsp3) is 0.706. The van der Waals surface area contributed by atoms with Crippen molar-refractivity contribution in [3.63, 3.8) is 0 Å². The van der Waals surface area contributed by atoms with Crippen LogP contribution in [0.3, 0.4) is 0 Å². The molecule has 1 atom stereocenters. The molecular weight excluding hydrogens is 406 g/mol. The topological polar surface area (TPSA) is 76.1 Å². The molecule has 168 valence electrons. The maximum atomic E-state index is 12.8. The Labute approximate surface area is 165 Å². The van der Waals surface area contributed by atoms with Crippen LogP contribution < -0.4 is 15.4 Å². The number of carbonyl (C=O) groups excluding carboxylic acids is 1. The fourth-order valence-electron chi connectivity index (χ4n) is 1.97. The number of nitrogens with one attached hydrogen (secondary N) is 2. The molecule has 29 heavy (non-hydrogen) atoms. The molecule has 0 saturated heterocycles. The van der Waals surface area contributed by atoms with Crippen molar-refractivity contribution in [1.82, 2.24) is 20.6 Å². The molecule has 1 aliphatic rings. The van der Waals surface area contributed by atoms with E-state index in [1.165, 1.54) is 0 Å². The van der Waals surface area contributed by atoms with Crippen LogP contribution >= 0.6 is 0 Å². The summed E-state index contributed by atoms with van der Waals surface area (Å²) in [6.07, 6.45) is -7.40. The number of rotatable bonds is 6. The second-order valence-corrected chi connectivity index (χ2v) is 5.44. The van der Waals surface area contributed by atoms with Gasteiger partial charge in [0.1, 0.15) is 12.4 Å². The monoisotopic (exact) mass is 432 g/mol. The first-order chi connectivity index (χ1) is 13.5. The van der Waals surface area contributed by atoms with E-state index in [0.717, 1.165) is 12.4 Å². The molecule has 0 radical (unpaired) electrons. The van der Waals surface area contributed by atoms with Crippen molar-refractivity contribution in [2.24, 2.45) is 5.92 Å². The Hall–Kier alpha value is -2.27. The third kappa shape index (κ3) is 11.3. The van der Waals surface area contributed by atoms with E-state index in [9.17, 15) is 31.1 Å².